The minimum absolute atomic E-state index is 0.185. The minimum atomic E-state index is -0.417. The molecule has 134 valence electrons. The average Bonchev–Trinajstić information content (AvgIpc) is 2.99. The van der Waals surface area contributed by atoms with Crippen molar-refractivity contribution in [3.63, 3.8) is 0 Å². The Balaban J connectivity index is 1.75. The Kier molecular flexibility index (Phi) is 4.93. The summed E-state index contributed by atoms with van der Waals surface area (Å²) in [7, 11) is 3.51. The van der Waals surface area contributed by atoms with E-state index in [0.29, 0.717) is 23.7 Å². The van der Waals surface area contributed by atoms with E-state index in [1.807, 2.05) is 41.9 Å². The Labute approximate surface area is 152 Å². The molecule has 1 N–H and O–H groups in total. The highest BCUT2D eigenvalue weighted by Gasteiger charge is 2.14. The predicted octanol–water partition coefficient (Wildman–Crippen LogP) is 4.02. The number of aryl methyl sites for hydroxylation is 1. The third kappa shape index (κ3) is 3.39. The van der Waals surface area contributed by atoms with Crippen molar-refractivity contribution < 1.29 is 14.3 Å². The Hall–Kier alpha value is -3.28. The number of fused-ring (bicyclic) bond motifs is 1. The molecule has 0 aliphatic rings. The summed E-state index contributed by atoms with van der Waals surface area (Å²) in [6.07, 6.45) is -0.417. The van der Waals surface area contributed by atoms with Gasteiger partial charge in [0.1, 0.15) is 5.69 Å². The molecule has 2 amide bonds. The summed E-state index contributed by atoms with van der Waals surface area (Å²) >= 11 is 0. The summed E-state index contributed by atoms with van der Waals surface area (Å²) in [5, 5.41) is 3.91. The summed E-state index contributed by atoms with van der Waals surface area (Å²) < 4.78 is 6.84. The van der Waals surface area contributed by atoms with Gasteiger partial charge in [-0.15, -0.1) is 0 Å². The molecule has 0 atom stereocenters. The van der Waals surface area contributed by atoms with Gasteiger partial charge in [0, 0.05) is 36.4 Å². The number of nitrogens with zero attached hydrogens (tertiary/aromatic N) is 2. The van der Waals surface area contributed by atoms with Crippen LogP contribution in [0.2, 0.25) is 0 Å². The maximum Gasteiger partial charge on any atom is 0.413 e. The largest absolute Gasteiger partial charge is 0.449 e. The Bertz CT molecular complexity index is 945. The van der Waals surface area contributed by atoms with Gasteiger partial charge in [-0.05, 0) is 43.3 Å². The molecule has 6 nitrogen and oxygen atoms in total. The maximum absolute atomic E-state index is 12.6. The van der Waals surface area contributed by atoms with E-state index in [4.69, 9.17) is 4.74 Å². The molecule has 1 aromatic heterocycles. The molecule has 6 heteroatoms. The fourth-order valence-electron chi connectivity index (χ4n) is 2.80. The van der Waals surface area contributed by atoms with Crippen LogP contribution in [0.5, 0.6) is 0 Å². The van der Waals surface area contributed by atoms with Crippen LogP contribution < -0.4 is 10.2 Å². The number of hydrogen-bond acceptors (Lipinski definition) is 3. The average molecular weight is 351 g/mol. The zero-order valence-corrected chi connectivity index (χ0v) is 15.0. The van der Waals surface area contributed by atoms with Crippen molar-refractivity contribution in [2.45, 2.75) is 6.92 Å². The maximum atomic E-state index is 12.6. The van der Waals surface area contributed by atoms with Crippen molar-refractivity contribution in [2.24, 2.45) is 7.05 Å². The molecule has 2 aromatic carbocycles. The molecule has 3 aromatic rings. The van der Waals surface area contributed by atoms with E-state index in [1.54, 1.807) is 38.2 Å². The van der Waals surface area contributed by atoms with E-state index < -0.39 is 6.09 Å². The molecule has 0 spiro atoms. The van der Waals surface area contributed by atoms with Gasteiger partial charge in [0.25, 0.3) is 5.91 Å². The number of carbonyl (C=O) groups excluding carboxylic acids is 2. The highest BCUT2D eigenvalue weighted by molar-refractivity contribution is 6.06. The lowest BCUT2D eigenvalue weighted by atomic mass is 10.2. The van der Waals surface area contributed by atoms with Crippen molar-refractivity contribution in [3.05, 3.63) is 60.3 Å². The molecule has 1 heterocycles. The fraction of sp³-hybridized carbons (Fsp3) is 0.200. The quantitative estimate of drug-likeness (QED) is 0.772. The monoisotopic (exact) mass is 351 g/mol. The van der Waals surface area contributed by atoms with Gasteiger partial charge in [-0.2, -0.15) is 0 Å². The normalized spacial score (nSPS) is 10.6. The van der Waals surface area contributed by atoms with E-state index in [0.717, 1.165) is 10.9 Å². The van der Waals surface area contributed by atoms with Gasteiger partial charge in [-0.3, -0.25) is 9.69 Å². The van der Waals surface area contributed by atoms with E-state index in [-0.39, 0.29) is 5.91 Å². The number of carbonyl (C=O) groups is 2. The van der Waals surface area contributed by atoms with Crippen LogP contribution in [0, 0.1) is 0 Å². The first-order chi connectivity index (χ1) is 12.5. The number of aromatic nitrogens is 1. The van der Waals surface area contributed by atoms with Crippen LogP contribution in [0.25, 0.3) is 10.9 Å². The smallest absolute Gasteiger partial charge is 0.413 e. The number of hydrogen-bond donors (Lipinski definition) is 1. The van der Waals surface area contributed by atoms with Crippen LogP contribution >= 0.6 is 0 Å². The van der Waals surface area contributed by atoms with E-state index in [1.165, 1.54) is 4.90 Å². The van der Waals surface area contributed by atoms with Crippen molar-refractivity contribution in [1.29, 1.82) is 0 Å². The molecule has 0 radical (unpaired) electrons. The summed E-state index contributed by atoms with van der Waals surface area (Å²) in [5.74, 6) is -0.185. The number of anilines is 2. The lowest BCUT2D eigenvalue weighted by molar-refractivity contribution is 0.101. The highest BCUT2D eigenvalue weighted by atomic mass is 16.6. The first-order valence-electron chi connectivity index (χ1n) is 8.37. The van der Waals surface area contributed by atoms with Crippen molar-refractivity contribution >= 4 is 34.3 Å². The molecule has 3 rings (SSSR count). The van der Waals surface area contributed by atoms with Crippen molar-refractivity contribution in [2.75, 3.05) is 23.9 Å². The molecule has 0 bridgehead atoms. The van der Waals surface area contributed by atoms with Crippen LogP contribution in [0.4, 0.5) is 16.2 Å². The van der Waals surface area contributed by atoms with Gasteiger partial charge in [0.15, 0.2) is 0 Å². The van der Waals surface area contributed by atoms with Crippen LogP contribution in [0.15, 0.2) is 54.6 Å². The number of para-hydroxylation sites is 1. The number of ether oxygens (including phenoxy) is 1. The van der Waals surface area contributed by atoms with Crippen molar-refractivity contribution in [1.82, 2.24) is 4.57 Å². The first-order valence-corrected chi connectivity index (χ1v) is 8.37. The summed E-state index contributed by atoms with van der Waals surface area (Å²) in [6.45, 7) is 2.08. The lowest BCUT2D eigenvalue weighted by Crippen LogP contribution is -2.26. The topological polar surface area (TPSA) is 63.6 Å². The number of nitrogens with one attached hydrogen (secondary N) is 1. The molecule has 0 unspecified atom stereocenters. The molecule has 0 saturated heterocycles. The molecular weight excluding hydrogens is 330 g/mol. The highest BCUT2D eigenvalue weighted by Crippen LogP contribution is 2.21. The number of rotatable bonds is 4. The zero-order chi connectivity index (χ0) is 18.7. The first kappa shape index (κ1) is 17.5. The zero-order valence-electron chi connectivity index (χ0n) is 15.0. The summed E-state index contributed by atoms with van der Waals surface area (Å²) in [5.41, 5.74) is 2.93. The molecule has 0 saturated carbocycles. The minimum Gasteiger partial charge on any atom is -0.449 e. The second kappa shape index (κ2) is 7.31. The van der Waals surface area contributed by atoms with Gasteiger partial charge >= 0.3 is 6.09 Å². The Morgan fingerprint density at radius 1 is 1.12 bits per heavy atom. The fourth-order valence-corrected chi connectivity index (χ4v) is 2.80. The van der Waals surface area contributed by atoms with Crippen LogP contribution in [-0.2, 0) is 11.8 Å². The van der Waals surface area contributed by atoms with E-state index in [2.05, 4.69) is 5.32 Å². The van der Waals surface area contributed by atoms with Crippen molar-refractivity contribution in [3.8, 4) is 0 Å². The standard InChI is InChI=1S/C20H21N3O3/c1-4-26-20(25)22(2)16-11-9-15(10-12-16)21-19(24)18-13-14-7-5-6-8-17(14)23(18)3/h5-13H,4H2,1-3H3,(H,21,24). The second-order valence-electron chi connectivity index (χ2n) is 5.91. The lowest BCUT2D eigenvalue weighted by Gasteiger charge is -2.17. The van der Waals surface area contributed by atoms with Gasteiger partial charge in [-0.1, -0.05) is 18.2 Å². The molecule has 0 fully saturated rings. The van der Waals surface area contributed by atoms with Crippen LogP contribution in [0.3, 0.4) is 0 Å². The molecule has 0 aliphatic heterocycles. The van der Waals surface area contributed by atoms with Gasteiger partial charge in [-0.25, -0.2) is 4.79 Å². The van der Waals surface area contributed by atoms with Crippen LogP contribution in [-0.4, -0.2) is 30.2 Å². The SMILES string of the molecule is CCOC(=O)N(C)c1ccc(NC(=O)c2cc3ccccc3n2C)cc1. The van der Waals surface area contributed by atoms with E-state index >= 15 is 0 Å². The third-order valence-corrected chi connectivity index (χ3v) is 4.24. The summed E-state index contributed by atoms with van der Waals surface area (Å²) in [6, 6.07) is 16.7. The number of benzene rings is 2. The van der Waals surface area contributed by atoms with E-state index in [9.17, 15) is 9.59 Å². The number of amides is 2. The molecule has 0 aliphatic carbocycles. The Morgan fingerprint density at radius 2 is 1.81 bits per heavy atom. The van der Waals surface area contributed by atoms with Gasteiger partial charge in [0.2, 0.25) is 0 Å². The molecular formula is C20H21N3O3. The third-order valence-electron chi connectivity index (χ3n) is 4.24. The van der Waals surface area contributed by atoms with Gasteiger partial charge in [0.05, 0.1) is 6.61 Å². The summed E-state index contributed by atoms with van der Waals surface area (Å²) in [4.78, 5) is 25.8. The predicted molar refractivity (Wildman–Crippen MR) is 103 cm³/mol. The Morgan fingerprint density at radius 3 is 2.46 bits per heavy atom. The molecule has 26 heavy (non-hydrogen) atoms. The van der Waals surface area contributed by atoms with Gasteiger partial charge < -0.3 is 14.6 Å². The van der Waals surface area contributed by atoms with Crippen LogP contribution in [0.1, 0.15) is 17.4 Å². The second-order valence-corrected chi connectivity index (χ2v) is 5.91.